The van der Waals surface area contributed by atoms with Crippen LogP contribution in [0.3, 0.4) is 0 Å². The second-order valence-electron chi connectivity index (χ2n) is 3.26. The molecule has 0 spiro atoms. The minimum Gasteiger partial charge on any atom is -0.464 e. The van der Waals surface area contributed by atoms with Gasteiger partial charge in [0, 0.05) is 5.71 Å². The second-order valence-corrected chi connectivity index (χ2v) is 3.26. The molecular weight excluding hydrogens is 144 g/mol. The first-order valence-corrected chi connectivity index (χ1v) is 3.80. The maximum absolute atomic E-state index is 10.0. The predicted octanol–water partition coefficient (Wildman–Crippen LogP) is 1.04. The van der Waals surface area contributed by atoms with E-state index < -0.39 is 6.09 Å². The highest BCUT2D eigenvalue weighted by Crippen LogP contribution is 2.50. The highest BCUT2D eigenvalue weighted by Gasteiger charge is 2.44. The van der Waals surface area contributed by atoms with Crippen LogP contribution in [0.5, 0.6) is 0 Å². The SMILES string of the molecule is O=C(O)NN=C1CC2CC2C1. The molecule has 1 amide bonds. The van der Waals surface area contributed by atoms with Gasteiger partial charge in [-0.05, 0) is 31.1 Å². The Kier molecular flexibility index (Phi) is 1.34. The van der Waals surface area contributed by atoms with E-state index in [1.165, 1.54) is 6.42 Å². The fourth-order valence-electron chi connectivity index (χ4n) is 1.72. The third-order valence-corrected chi connectivity index (χ3v) is 2.37. The maximum atomic E-state index is 10.0. The first kappa shape index (κ1) is 6.64. The van der Waals surface area contributed by atoms with Gasteiger partial charge in [0.1, 0.15) is 0 Å². The lowest BCUT2D eigenvalue weighted by atomic mass is 10.2. The van der Waals surface area contributed by atoms with E-state index in [9.17, 15) is 4.79 Å². The van der Waals surface area contributed by atoms with E-state index in [0.717, 1.165) is 30.4 Å². The lowest BCUT2D eigenvalue weighted by Crippen LogP contribution is -2.16. The topological polar surface area (TPSA) is 61.7 Å². The maximum Gasteiger partial charge on any atom is 0.425 e. The minimum atomic E-state index is -1.07. The molecule has 2 atom stereocenters. The van der Waals surface area contributed by atoms with Crippen LogP contribution in [0.4, 0.5) is 4.79 Å². The number of nitrogens with one attached hydrogen (secondary N) is 1. The summed E-state index contributed by atoms with van der Waals surface area (Å²) >= 11 is 0. The average Bonchev–Trinajstić information content (AvgIpc) is 2.56. The van der Waals surface area contributed by atoms with Crippen molar-refractivity contribution in [1.29, 1.82) is 0 Å². The Bertz CT molecular complexity index is 212. The Hall–Kier alpha value is -1.06. The van der Waals surface area contributed by atoms with E-state index in [2.05, 4.69) is 5.10 Å². The fourth-order valence-corrected chi connectivity index (χ4v) is 1.72. The molecule has 0 aromatic rings. The first-order valence-electron chi connectivity index (χ1n) is 3.80. The van der Waals surface area contributed by atoms with E-state index in [-0.39, 0.29) is 0 Å². The van der Waals surface area contributed by atoms with Crippen molar-refractivity contribution in [3.63, 3.8) is 0 Å². The Balaban J connectivity index is 1.86. The smallest absolute Gasteiger partial charge is 0.425 e. The van der Waals surface area contributed by atoms with Crippen LogP contribution in [0.15, 0.2) is 5.10 Å². The standard InChI is InChI=1S/C7H10N2O2/c10-7(11)9-8-6-2-4-1-5(4)3-6/h4-5,9H,1-3H2,(H,10,11). The minimum absolute atomic E-state index is 0.823. The van der Waals surface area contributed by atoms with Gasteiger partial charge in [-0.15, -0.1) is 0 Å². The molecule has 2 N–H and O–H groups in total. The fraction of sp³-hybridized carbons (Fsp3) is 0.714. The highest BCUT2D eigenvalue weighted by molar-refractivity contribution is 5.88. The summed E-state index contributed by atoms with van der Waals surface area (Å²) < 4.78 is 0. The van der Waals surface area contributed by atoms with Crippen molar-refractivity contribution in [2.75, 3.05) is 0 Å². The lowest BCUT2D eigenvalue weighted by molar-refractivity contribution is 0.195. The van der Waals surface area contributed by atoms with Crippen molar-refractivity contribution in [3.05, 3.63) is 0 Å². The molecule has 0 heterocycles. The zero-order valence-electron chi connectivity index (χ0n) is 6.08. The van der Waals surface area contributed by atoms with E-state index in [1.807, 2.05) is 5.43 Å². The van der Waals surface area contributed by atoms with Crippen LogP contribution in [0, 0.1) is 11.8 Å². The molecule has 4 heteroatoms. The molecule has 0 bridgehead atoms. The zero-order chi connectivity index (χ0) is 7.84. The largest absolute Gasteiger partial charge is 0.464 e. The number of carboxylic acid groups (broad SMARTS) is 1. The molecule has 2 saturated carbocycles. The molecule has 60 valence electrons. The van der Waals surface area contributed by atoms with Gasteiger partial charge in [-0.3, -0.25) is 0 Å². The molecule has 0 aromatic heterocycles. The summed E-state index contributed by atoms with van der Waals surface area (Å²) in [6, 6.07) is 0. The normalized spacial score (nSPS) is 32.9. The second kappa shape index (κ2) is 2.22. The summed E-state index contributed by atoms with van der Waals surface area (Å²) in [5.41, 5.74) is 3.06. The van der Waals surface area contributed by atoms with Gasteiger partial charge in [-0.1, -0.05) is 0 Å². The van der Waals surface area contributed by atoms with E-state index >= 15 is 0 Å². The van der Waals surface area contributed by atoms with Gasteiger partial charge >= 0.3 is 6.09 Å². The van der Waals surface area contributed by atoms with E-state index in [0.29, 0.717) is 0 Å². The average molecular weight is 154 g/mol. The number of fused-ring (bicyclic) bond motifs is 1. The summed E-state index contributed by atoms with van der Waals surface area (Å²) in [5, 5.41) is 12.0. The molecule has 4 nitrogen and oxygen atoms in total. The molecule has 11 heavy (non-hydrogen) atoms. The van der Waals surface area contributed by atoms with Gasteiger partial charge in [-0.2, -0.15) is 5.10 Å². The molecule has 0 radical (unpaired) electrons. The molecule has 2 unspecified atom stereocenters. The monoisotopic (exact) mass is 154 g/mol. The van der Waals surface area contributed by atoms with Crippen LogP contribution < -0.4 is 5.43 Å². The number of rotatable bonds is 1. The number of hydrazone groups is 1. The Morgan fingerprint density at radius 1 is 1.55 bits per heavy atom. The van der Waals surface area contributed by atoms with Gasteiger partial charge in [0.2, 0.25) is 0 Å². The number of carbonyl (C=O) groups is 1. The van der Waals surface area contributed by atoms with Crippen LogP contribution in [-0.2, 0) is 0 Å². The van der Waals surface area contributed by atoms with Crippen LogP contribution in [0.25, 0.3) is 0 Å². The molecular formula is C7H10N2O2. The first-order chi connectivity index (χ1) is 5.25. The van der Waals surface area contributed by atoms with Gasteiger partial charge in [0.25, 0.3) is 0 Å². The van der Waals surface area contributed by atoms with Gasteiger partial charge < -0.3 is 5.11 Å². The number of amides is 1. The van der Waals surface area contributed by atoms with Gasteiger partial charge in [0.15, 0.2) is 0 Å². The van der Waals surface area contributed by atoms with Crippen molar-refractivity contribution in [2.45, 2.75) is 19.3 Å². The van der Waals surface area contributed by atoms with Crippen molar-refractivity contribution in [3.8, 4) is 0 Å². The van der Waals surface area contributed by atoms with Crippen LogP contribution >= 0.6 is 0 Å². The molecule has 0 aliphatic heterocycles. The third-order valence-electron chi connectivity index (χ3n) is 2.37. The quantitative estimate of drug-likeness (QED) is 0.554. The van der Waals surface area contributed by atoms with E-state index in [1.54, 1.807) is 0 Å². The molecule has 2 rings (SSSR count). The van der Waals surface area contributed by atoms with Crippen LogP contribution in [-0.4, -0.2) is 16.9 Å². The molecule has 0 saturated heterocycles. The highest BCUT2D eigenvalue weighted by atomic mass is 16.4. The van der Waals surface area contributed by atoms with Crippen molar-refractivity contribution in [1.82, 2.24) is 5.43 Å². The third kappa shape index (κ3) is 1.34. The number of hydrogen-bond acceptors (Lipinski definition) is 2. The predicted molar refractivity (Wildman–Crippen MR) is 39.4 cm³/mol. The molecule has 2 aliphatic carbocycles. The Morgan fingerprint density at radius 3 is 2.73 bits per heavy atom. The van der Waals surface area contributed by atoms with Gasteiger partial charge in [-0.25, -0.2) is 10.2 Å². The van der Waals surface area contributed by atoms with Gasteiger partial charge in [0.05, 0.1) is 0 Å². The van der Waals surface area contributed by atoms with Crippen LogP contribution in [0.2, 0.25) is 0 Å². The van der Waals surface area contributed by atoms with Crippen molar-refractivity contribution in [2.24, 2.45) is 16.9 Å². The van der Waals surface area contributed by atoms with Crippen molar-refractivity contribution >= 4 is 11.8 Å². The molecule has 2 aliphatic rings. The Morgan fingerprint density at radius 2 is 2.18 bits per heavy atom. The number of nitrogens with zero attached hydrogens (tertiary/aromatic N) is 1. The molecule has 2 fully saturated rings. The molecule has 0 aromatic carbocycles. The summed E-state index contributed by atoms with van der Waals surface area (Å²) in [4.78, 5) is 10.0. The van der Waals surface area contributed by atoms with Crippen LogP contribution in [0.1, 0.15) is 19.3 Å². The summed E-state index contributed by atoms with van der Waals surface area (Å²) in [5.74, 6) is 1.65. The summed E-state index contributed by atoms with van der Waals surface area (Å²) in [6.07, 6.45) is 2.26. The Labute approximate surface area is 64.3 Å². The number of hydrogen-bond donors (Lipinski definition) is 2. The zero-order valence-corrected chi connectivity index (χ0v) is 6.08. The van der Waals surface area contributed by atoms with Crippen molar-refractivity contribution < 1.29 is 9.90 Å². The lowest BCUT2D eigenvalue weighted by Gasteiger charge is -1.96. The summed E-state index contributed by atoms with van der Waals surface area (Å²) in [6.45, 7) is 0. The van der Waals surface area contributed by atoms with E-state index in [4.69, 9.17) is 5.11 Å². The summed E-state index contributed by atoms with van der Waals surface area (Å²) in [7, 11) is 0.